The number of fused-ring (bicyclic) bond motifs is 1. The maximum Gasteiger partial charge on any atom is 0.311 e. The summed E-state index contributed by atoms with van der Waals surface area (Å²) in [7, 11) is 0. The van der Waals surface area contributed by atoms with Gasteiger partial charge < -0.3 is 4.74 Å². The molecule has 1 aromatic carbocycles. The lowest BCUT2D eigenvalue weighted by atomic mass is 9.96. The Morgan fingerprint density at radius 3 is 2.23 bits per heavy atom. The summed E-state index contributed by atoms with van der Waals surface area (Å²) in [5.41, 5.74) is 1.49. The standard InChI is InChI=1S/C25H33N3O6S/c1-7-14-10-16-17(22(32)28(21(16)31)18-8-9-19(29)27-20(18)30)11-15(14)12-26-25(6,35)13(2)23(33)34-24(3,4)5/h10-11,13,18,26,35H,7-9,12H2,1-6H3,(H,27,29,30). The predicted octanol–water partition coefficient (Wildman–Crippen LogP) is 2.36. The van der Waals surface area contributed by atoms with Crippen LogP contribution in [0.15, 0.2) is 12.1 Å². The Morgan fingerprint density at radius 1 is 1.14 bits per heavy atom. The van der Waals surface area contributed by atoms with E-state index < -0.39 is 46.1 Å². The molecular weight excluding hydrogens is 470 g/mol. The van der Waals surface area contributed by atoms with E-state index in [4.69, 9.17) is 4.74 Å². The average Bonchev–Trinajstić information content (AvgIpc) is 2.99. The second kappa shape index (κ2) is 9.73. The van der Waals surface area contributed by atoms with Crippen LogP contribution in [0.2, 0.25) is 0 Å². The van der Waals surface area contributed by atoms with E-state index in [0.29, 0.717) is 13.0 Å². The fourth-order valence-corrected chi connectivity index (χ4v) is 4.33. The molecule has 1 fully saturated rings. The van der Waals surface area contributed by atoms with E-state index in [0.717, 1.165) is 16.0 Å². The van der Waals surface area contributed by atoms with Crippen LogP contribution in [0.1, 0.15) is 86.2 Å². The lowest BCUT2D eigenvalue weighted by Crippen LogP contribution is -2.54. The Bertz CT molecular complexity index is 1090. The van der Waals surface area contributed by atoms with Crippen molar-refractivity contribution in [1.29, 1.82) is 0 Å². The van der Waals surface area contributed by atoms with E-state index in [9.17, 15) is 24.0 Å². The maximum absolute atomic E-state index is 13.2. The molecule has 4 amide bonds. The Labute approximate surface area is 210 Å². The number of amides is 4. The number of hydrogen-bond acceptors (Lipinski definition) is 8. The van der Waals surface area contributed by atoms with Gasteiger partial charge in [0.05, 0.1) is 21.9 Å². The monoisotopic (exact) mass is 503 g/mol. The molecule has 0 radical (unpaired) electrons. The number of ether oxygens (including phenoxy) is 1. The van der Waals surface area contributed by atoms with E-state index in [-0.39, 0.29) is 29.9 Å². The molecule has 1 saturated heterocycles. The normalized spacial score (nSPS) is 20.9. The second-order valence-corrected chi connectivity index (χ2v) is 11.2. The average molecular weight is 504 g/mol. The number of benzene rings is 1. The molecule has 35 heavy (non-hydrogen) atoms. The van der Waals surface area contributed by atoms with Crippen molar-refractivity contribution < 1.29 is 28.7 Å². The van der Waals surface area contributed by atoms with Crippen LogP contribution in [-0.2, 0) is 32.1 Å². The molecule has 2 aliphatic rings. The third-order valence-corrected chi connectivity index (χ3v) is 6.93. The summed E-state index contributed by atoms with van der Waals surface area (Å²) in [5.74, 6) is -3.11. The first-order valence-electron chi connectivity index (χ1n) is 11.7. The minimum atomic E-state index is -1.01. The van der Waals surface area contributed by atoms with Gasteiger partial charge in [-0.1, -0.05) is 6.92 Å². The first kappa shape index (κ1) is 26.9. The number of nitrogens with zero attached hydrogens (tertiary/aromatic N) is 1. The van der Waals surface area contributed by atoms with Crippen molar-refractivity contribution in [3.63, 3.8) is 0 Å². The van der Waals surface area contributed by atoms with Crippen LogP contribution >= 0.6 is 12.6 Å². The summed E-state index contributed by atoms with van der Waals surface area (Å²) < 4.78 is 5.48. The highest BCUT2D eigenvalue weighted by Crippen LogP contribution is 2.31. The molecule has 0 aromatic heterocycles. The van der Waals surface area contributed by atoms with Crippen molar-refractivity contribution >= 4 is 42.2 Å². The molecule has 1 aromatic rings. The number of carbonyl (C=O) groups is 5. The van der Waals surface area contributed by atoms with E-state index in [1.54, 1.807) is 46.8 Å². The van der Waals surface area contributed by atoms with Gasteiger partial charge in [-0.3, -0.25) is 39.5 Å². The van der Waals surface area contributed by atoms with Crippen LogP contribution in [0.3, 0.4) is 0 Å². The van der Waals surface area contributed by atoms with Gasteiger partial charge in [0.25, 0.3) is 11.8 Å². The van der Waals surface area contributed by atoms with Crippen molar-refractivity contribution in [2.45, 2.75) is 83.9 Å². The van der Waals surface area contributed by atoms with Gasteiger partial charge in [0, 0.05) is 13.0 Å². The Morgan fingerprint density at radius 2 is 1.71 bits per heavy atom. The number of esters is 1. The Balaban J connectivity index is 1.82. The molecule has 0 aliphatic carbocycles. The van der Waals surface area contributed by atoms with Crippen LogP contribution < -0.4 is 10.6 Å². The largest absolute Gasteiger partial charge is 0.460 e. The van der Waals surface area contributed by atoms with Gasteiger partial charge in [-0.05, 0) is 70.7 Å². The number of rotatable bonds is 7. The number of imide groups is 2. The minimum absolute atomic E-state index is 0.0650. The SMILES string of the molecule is CCc1cc2c(cc1CNC(C)(S)C(C)C(=O)OC(C)(C)C)C(=O)N(C1CCC(=O)NC1=O)C2=O. The second-order valence-electron chi connectivity index (χ2n) is 10.2. The summed E-state index contributed by atoms with van der Waals surface area (Å²) in [6, 6.07) is 2.34. The molecule has 3 atom stereocenters. The molecule has 0 saturated carbocycles. The summed E-state index contributed by atoms with van der Waals surface area (Å²) in [4.78, 5) is 62.6. The number of carbonyl (C=O) groups excluding carboxylic acids is 5. The van der Waals surface area contributed by atoms with Crippen LogP contribution in [0.4, 0.5) is 0 Å². The first-order valence-corrected chi connectivity index (χ1v) is 12.2. The first-order chi connectivity index (χ1) is 16.2. The van der Waals surface area contributed by atoms with Gasteiger partial charge in [-0.15, -0.1) is 0 Å². The van der Waals surface area contributed by atoms with Crippen LogP contribution in [0, 0.1) is 5.92 Å². The van der Waals surface area contributed by atoms with E-state index in [1.807, 2.05) is 6.92 Å². The van der Waals surface area contributed by atoms with Crippen molar-refractivity contribution in [1.82, 2.24) is 15.5 Å². The van der Waals surface area contributed by atoms with E-state index in [2.05, 4.69) is 23.3 Å². The van der Waals surface area contributed by atoms with Gasteiger partial charge in [0.15, 0.2) is 0 Å². The third kappa shape index (κ3) is 5.59. The summed E-state index contributed by atoms with van der Waals surface area (Å²) >= 11 is 4.67. The number of hydrogen-bond donors (Lipinski definition) is 3. The van der Waals surface area contributed by atoms with Crippen LogP contribution in [0.25, 0.3) is 0 Å². The molecule has 9 nitrogen and oxygen atoms in total. The molecule has 3 rings (SSSR count). The van der Waals surface area contributed by atoms with Crippen LogP contribution in [-0.4, -0.2) is 51.0 Å². The molecule has 190 valence electrons. The predicted molar refractivity (Wildman–Crippen MR) is 132 cm³/mol. The number of thiol groups is 1. The fraction of sp³-hybridized carbons (Fsp3) is 0.560. The summed E-state index contributed by atoms with van der Waals surface area (Å²) in [5, 5.41) is 5.47. The fourth-order valence-electron chi connectivity index (χ4n) is 4.15. The zero-order valence-electron chi connectivity index (χ0n) is 21.0. The van der Waals surface area contributed by atoms with Gasteiger partial charge in [0.2, 0.25) is 11.8 Å². The van der Waals surface area contributed by atoms with Gasteiger partial charge in [-0.2, -0.15) is 12.6 Å². The zero-order valence-corrected chi connectivity index (χ0v) is 21.9. The highest BCUT2D eigenvalue weighted by molar-refractivity contribution is 7.81. The Hall–Kier alpha value is -2.72. The summed E-state index contributed by atoms with van der Waals surface area (Å²) in [6.07, 6.45) is 0.774. The summed E-state index contributed by atoms with van der Waals surface area (Å²) in [6.45, 7) is 11.2. The maximum atomic E-state index is 13.2. The van der Waals surface area contributed by atoms with E-state index >= 15 is 0 Å². The van der Waals surface area contributed by atoms with Crippen molar-refractivity contribution in [3.05, 3.63) is 34.4 Å². The van der Waals surface area contributed by atoms with Crippen molar-refractivity contribution in [3.8, 4) is 0 Å². The van der Waals surface area contributed by atoms with Crippen molar-refractivity contribution in [2.24, 2.45) is 5.92 Å². The molecule has 3 unspecified atom stereocenters. The zero-order chi connectivity index (χ0) is 26.3. The van der Waals surface area contributed by atoms with E-state index in [1.165, 1.54) is 0 Å². The molecule has 10 heteroatoms. The number of nitrogens with one attached hydrogen (secondary N) is 2. The van der Waals surface area contributed by atoms with Crippen LogP contribution in [0.5, 0.6) is 0 Å². The lowest BCUT2D eigenvalue weighted by Gasteiger charge is -2.33. The molecule has 0 spiro atoms. The molecule has 2 aliphatic heterocycles. The third-order valence-electron chi connectivity index (χ3n) is 6.38. The lowest BCUT2D eigenvalue weighted by molar-refractivity contribution is -0.160. The quantitative estimate of drug-likeness (QED) is 0.226. The molecule has 0 bridgehead atoms. The molecule has 2 heterocycles. The smallest absolute Gasteiger partial charge is 0.311 e. The van der Waals surface area contributed by atoms with Gasteiger partial charge in [0.1, 0.15) is 11.6 Å². The van der Waals surface area contributed by atoms with Crippen molar-refractivity contribution in [2.75, 3.05) is 0 Å². The topological polar surface area (TPSA) is 122 Å². The number of aryl methyl sites for hydroxylation is 1. The minimum Gasteiger partial charge on any atom is -0.460 e. The number of piperidine rings is 1. The highest BCUT2D eigenvalue weighted by Gasteiger charge is 2.45. The highest BCUT2D eigenvalue weighted by atomic mass is 32.1. The Kier molecular flexibility index (Phi) is 7.48. The van der Waals surface area contributed by atoms with Gasteiger partial charge in [-0.25, -0.2) is 0 Å². The molecular formula is C25H33N3O6S. The van der Waals surface area contributed by atoms with Gasteiger partial charge >= 0.3 is 5.97 Å². The molecule has 2 N–H and O–H groups in total.